The molecule has 23 heavy (non-hydrogen) atoms. The fourth-order valence-corrected chi connectivity index (χ4v) is 3.62. The van der Waals surface area contributed by atoms with E-state index >= 15 is 0 Å². The van der Waals surface area contributed by atoms with Crippen molar-refractivity contribution in [2.75, 3.05) is 0 Å². The molecule has 0 saturated heterocycles. The summed E-state index contributed by atoms with van der Waals surface area (Å²) in [6.45, 7) is 2.25. The van der Waals surface area contributed by atoms with Gasteiger partial charge >= 0.3 is 0 Å². The number of fused-ring (bicyclic) bond motifs is 1. The van der Waals surface area contributed by atoms with Crippen molar-refractivity contribution < 1.29 is 8.78 Å². The summed E-state index contributed by atoms with van der Waals surface area (Å²) in [5, 5.41) is 0. The molecule has 0 radical (unpaired) electrons. The average Bonchev–Trinajstić information content (AvgIpc) is 2.57. The third-order valence-corrected chi connectivity index (χ3v) is 5.01. The van der Waals surface area contributed by atoms with Crippen LogP contribution in [0.3, 0.4) is 0 Å². The summed E-state index contributed by atoms with van der Waals surface area (Å²) in [5.41, 5.74) is 4.53. The summed E-state index contributed by atoms with van der Waals surface area (Å²) in [4.78, 5) is 0. The van der Waals surface area contributed by atoms with Crippen molar-refractivity contribution in [3.63, 3.8) is 0 Å². The lowest BCUT2D eigenvalue weighted by atomic mass is 9.80. The summed E-state index contributed by atoms with van der Waals surface area (Å²) in [5.74, 6) is -0.763. The molecule has 0 nitrogen and oxygen atoms in total. The Bertz CT molecular complexity index is 676. The van der Waals surface area contributed by atoms with E-state index in [0.717, 1.165) is 29.9 Å². The zero-order chi connectivity index (χ0) is 16.2. The second-order valence-electron chi connectivity index (χ2n) is 6.72. The molecule has 0 spiro atoms. The predicted molar refractivity (Wildman–Crippen MR) is 91.5 cm³/mol. The Morgan fingerprint density at radius 3 is 2.48 bits per heavy atom. The van der Waals surface area contributed by atoms with Crippen LogP contribution in [0.5, 0.6) is 0 Å². The molecule has 122 valence electrons. The third kappa shape index (κ3) is 3.80. The zero-order valence-corrected chi connectivity index (χ0v) is 13.7. The van der Waals surface area contributed by atoms with Crippen molar-refractivity contribution in [2.45, 2.75) is 51.9 Å². The molecule has 1 atom stereocenters. The van der Waals surface area contributed by atoms with E-state index < -0.39 is 11.6 Å². The maximum atomic E-state index is 13.4. The quantitative estimate of drug-likeness (QED) is 0.567. The topological polar surface area (TPSA) is 0 Å². The molecule has 0 saturated carbocycles. The van der Waals surface area contributed by atoms with E-state index in [0.29, 0.717) is 0 Å². The molecule has 2 aromatic carbocycles. The Balaban J connectivity index is 1.75. The molecule has 0 aromatic heterocycles. The summed E-state index contributed by atoms with van der Waals surface area (Å²) in [6.07, 6.45) is 8.79. The van der Waals surface area contributed by atoms with Gasteiger partial charge in [-0.3, -0.25) is 0 Å². The Morgan fingerprint density at radius 2 is 1.70 bits per heavy atom. The Kier molecular flexibility index (Phi) is 5.09. The first-order valence-corrected chi connectivity index (χ1v) is 8.74. The van der Waals surface area contributed by atoms with E-state index in [1.165, 1.54) is 55.4 Å². The van der Waals surface area contributed by atoms with E-state index in [2.05, 4.69) is 19.1 Å². The fourth-order valence-electron chi connectivity index (χ4n) is 3.62. The Hall–Kier alpha value is -1.70. The lowest BCUT2D eigenvalue weighted by Crippen LogP contribution is -2.14. The fraction of sp³-hybridized carbons (Fsp3) is 0.429. The van der Waals surface area contributed by atoms with Gasteiger partial charge in [0.05, 0.1) is 0 Å². The van der Waals surface area contributed by atoms with Crippen molar-refractivity contribution in [1.29, 1.82) is 0 Å². The predicted octanol–water partition coefficient (Wildman–Crippen LogP) is 6.32. The average molecular weight is 314 g/mol. The monoisotopic (exact) mass is 314 g/mol. The zero-order valence-electron chi connectivity index (χ0n) is 13.7. The molecular formula is C21H24F2. The van der Waals surface area contributed by atoms with Gasteiger partial charge in [-0.1, -0.05) is 56.9 Å². The Morgan fingerprint density at radius 1 is 0.913 bits per heavy atom. The van der Waals surface area contributed by atoms with E-state index in [-0.39, 0.29) is 0 Å². The van der Waals surface area contributed by atoms with Gasteiger partial charge in [0.25, 0.3) is 0 Å². The van der Waals surface area contributed by atoms with Gasteiger partial charge in [-0.15, -0.1) is 0 Å². The largest absolute Gasteiger partial charge is 0.204 e. The minimum absolute atomic E-state index is 0.747. The number of aryl methyl sites for hydroxylation is 1. The molecule has 3 rings (SSSR count). The molecule has 1 aliphatic carbocycles. The van der Waals surface area contributed by atoms with Gasteiger partial charge in [0.1, 0.15) is 0 Å². The van der Waals surface area contributed by atoms with Crippen LogP contribution in [0.15, 0.2) is 36.4 Å². The lowest BCUT2D eigenvalue weighted by molar-refractivity contribution is 0.408. The summed E-state index contributed by atoms with van der Waals surface area (Å²) in [7, 11) is 0. The molecule has 2 aromatic rings. The molecule has 0 fully saturated rings. The second-order valence-corrected chi connectivity index (χ2v) is 6.72. The highest BCUT2D eigenvalue weighted by Crippen LogP contribution is 2.32. The summed E-state index contributed by atoms with van der Waals surface area (Å²) in [6, 6.07) is 10.5. The van der Waals surface area contributed by atoms with Gasteiger partial charge in [0, 0.05) is 0 Å². The number of unbranched alkanes of at least 4 members (excludes halogenated alkanes) is 2. The number of hydrogen-bond acceptors (Lipinski definition) is 0. The van der Waals surface area contributed by atoms with E-state index in [1.807, 2.05) is 6.07 Å². The molecular weight excluding hydrogens is 290 g/mol. The smallest absolute Gasteiger partial charge is 0.159 e. The number of halogens is 2. The Labute approximate surface area is 137 Å². The lowest BCUT2D eigenvalue weighted by Gasteiger charge is -2.25. The third-order valence-electron chi connectivity index (χ3n) is 5.01. The van der Waals surface area contributed by atoms with Crippen molar-refractivity contribution in [1.82, 2.24) is 0 Å². The van der Waals surface area contributed by atoms with Gasteiger partial charge in [0.15, 0.2) is 11.6 Å². The molecule has 0 heterocycles. The van der Waals surface area contributed by atoms with Gasteiger partial charge in [-0.05, 0) is 59.6 Å². The molecule has 0 aliphatic heterocycles. The highest BCUT2D eigenvalue weighted by Gasteiger charge is 2.18. The van der Waals surface area contributed by atoms with E-state index in [1.54, 1.807) is 6.07 Å². The van der Waals surface area contributed by atoms with Gasteiger partial charge in [-0.2, -0.15) is 0 Å². The number of rotatable bonds is 5. The first-order chi connectivity index (χ1) is 11.2. The molecule has 1 aliphatic rings. The van der Waals surface area contributed by atoms with Crippen molar-refractivity contribution in [3.8, 4) is 11.1 Å². The van der Waals surface area contributed by atoms with Crippen LogP contribution in [-0.4, -0.2) is 0 Å². The normalized spacial score (nSPS) is 17.1. The minimum Gasteiger partial charge on any atom is -0.204 e. The number of hydrogen-bond donors (Lipinski definition) is 0. The highest BCUT2D eigenvalue weighted by atomic mass is 19.2. The van der Waals surface area contributed by atoms with E-state index in [9.17, 15) is 8.78 Å². The van der Waals surface area contributed by atoms with Crippen LogP contribution in [0.2, 0.25) is 0 Å². The molecule has 0 bridgehead atoms. The van der Waals surface area contributed by atoms with E-state index in [4.69, 9.17) is 0 Å². The molecule has 0 N–H and O–H groups in total. The maximum Gasteiger partial charge on any atom is 0.159 e. The summed E-state index contributed by atoms with van der Waals surface area (Å²) < 4.78 is 26.5. The van der Waals surface area contributed by atoms with Crippen LogP contribution in [0, 0.1) is 17.6 Å². The van der Waals surface area contributed by atoms with Crippen molar-refractivity contribution in [2.24, 2.45) is 5.92 Å². The first-order valence-electron chi connectivity index (χ1n) is 8.74. The highest BCUT2D eigenvalue weighted by molar-refractivity contribution is 5.65. The van der Waals surface area contributed by atoms with Crippen LogP contribution in [0.1, 0.15) is 50.2 Å². The van der Waals surface area contributed by atoms with Crippen LogP contribution in [-0.2, 0) is 12.8 Å². The second kappa shape index (κ2) is 7.25. The van der Waals surface area contributed by atoms with Crippen LogP contribution < -0.4 is 0 Å². The van der Waals surface area contributed by atoms with Crippen molar-refractivity contribution >= 4 is 0 Å². The molecule has 0 amide bonds. The standard InChI is InChI=1S/C21H24F2/c1-2-3-4-5-15-6-7-17-13-18(9-8-16(17)12-15)19-10-11-20(22)21(23)14-19/h8-11,13-15H,2-7,12H2,1H3. The number of benzene rings is 2. The SMILES string of the molecule is CCCCCC1CCc2cc(-c3ccc(F)c(F)c3)ccc2C1. The molecule has 1 unspecified atom stereocenters. The first kappa shape index (κ1) is 16.2. The summed E-state index contributed by atoms with van der Waals surface area (Å²) >= 11 is 0. The van der Waals surface area contributed by atoms with Crippen LogP contribution in [0.4, 0.5) is 8.78 Å². The minimum atomic E-state index is -0.790. The molecule has 2 heteroatoms. The van der Waals surface area contributed by atoms with Gasteiger partial charge in [-0.25, -0.2) is 8.78 Å². The van der Waals surface area contributed by atoms with Crippen LogP contribution >= 0.6 is 0 Å². The van der Waals surface area contributed by atoms with Gasteiger partial charge < -0.3 is 0 Å². The van der Waals surface area contributed by atoms with Gasteiger partial charge in [0.2, 0.25) is 0 Å². The van der Waals surface area contributed by atoms with Crippen LogP contribution in [0.25, 0.3) is 11.1 Å². The maximum absolute atomic E-state index is 13.4. The van der Waals surface area contributed by atoms with Crippen molar-refractivity contribution in [3.05, 3.63) is 59.2 Å².